The third kappa shape index (κ3) is 4.23. The molecule has 3 rings (SSSR count). The van der Waals surface area contributed by atoms with Gasteiger partial charge in [0.25, 0.3) is 5.91 Å². The van der Waals surface area contributed by atoms with Crippen molar-refractivity contribution in [2.45, 2.75) is 38.0 Å². The molecule has 3 N–H and O–H groups in total. The summed E-state index contributed by atoms with van der Waals surface area (Å²) in [5.74, 6) is -0.930. The van der Waals surface area contributed by atoms with Crippen LogP contribution in [0.2, 0.25) is 0 Å². The number of Topliss-reactive ketones (excluding diaryl/α,β-unsaturated/α-hetero) is 1. The molecule has 0 spiro atoms. The fraction of sp³-hybridized carbons (Fsp3) is 0.350. The van der Waals surface area contributed by atoms with E-state index in [0.29, 0.717) is 5.56 Å². The number of amides is 2. The van der Waals surface area contributed by atoms with Crippen molar-refractivity contribution < 1.29 is 24.2 Å². The molecule has 2 amide bonds. The average Bonchev–Trinajstić information content (AvgIpc) is 3.28. The van der Waals surface area contributed by atoms with Crippen molar-refractivity contribution in [3.63, 3.8) is 0 Å². The highest BCUT2D eigenvalue weighted by molar-refractivity contribution is 7.08. The summed E-state index contributed by atoms with van der Waals surface area (Å²) in [6.45, 7) is 3.30. The van der Waals surface area contributed by atoms with Crippen LogP contribution in [0.4, 0.5) is 0 Å². The van der Waals surface area contributed by atoms with Gasteiger partial charge < -0.3 is 20.5 Å². The molecule has 7 nitrogen and oxygen atoms in total. The molecule has 0 saturated carbocycles. The maximum atomic E-state index is 13.0. The summed E-state index contributed by atoms with van der Waals surface area (Å²) in [7, 11) is 0. The van der Waals surface area contributed by atoms with Crippen LogP contribution >= 0.6 is 11.3 Å². The number of ketones is 1. The molecule has 1 aliphatic heterocycles. The van der Waals surface area contributed by atoms with E-state index in [-0.39, 0.29) is 30.5 Å². The Hall–Kier alpha value is -2.71. The maximum Gasteiger partial charge on any atom is 0.252 e. The van der Waals surface area contributed by atoms with Crippen LogP contribution in [-0.2, 0) is 20.7 Å². The minimum atomic E-state index is -1.14. The molecule has 28 heavy (non-hydrogen) atoms. The molecule has 0 radical (unpaired) electrons. The Balaban J connectivity index is 1.80. The first-order chi connectivity index (χ1) is 13.3. The van der Waals surface area contributed by atoms with Gasteiger partial charge in [-0.3, -0.25) is 14.4 Å². The van der Waals surface area contributed by atoms with Gasteiger partial charge in [-0.25, -0.2) is 0 Å². The van der Waals surface area contributed by atoms with Crippen molar-refractivity contribution in [3.8, 4) is 5.75 Å². The van der Waals surface area contributed by atoms with Gasteiger partial charge in [0.1, 0.15) is 23.9 Å². The van der Waals surface area contributed by atoms with Crippen LogP contribution in [0.5, 0.6) is 5.75 Å². The molecule has 2 heterocycles. The molecule has 1 aromatic heterocycles. The lowest BCUT2D eigenvalue weighted by Crippen LogP contribution is -2.60. The van der Waals surface area contributed by atoms with Gasteiger partial charge in [0.15, 0.2) is 5.78 Å². The number of benzene rings is 1. The van der Waals surface area contributed by atoms with Gasteiger partial charge in [-0.05, 0) is 43.0 Å². The average molecular weight is 402 g/mol. The molecule has 8 heteroatoms. The standard InChI is InChI=1S/C20H22N2O5S/c1-12-20(2,17(24)10-27-12)22-19(26)16(9-13-3-5-15(23)6-4-13)21-18(25)14-7-8-28-11-14/h3-8,11-12,16,23H,9-10H2,1-2H3,(H,21,25)(H,22,26). The van der Waals surface area contributed by atoms with E-state index in [1.807, 2.05) is 0 Å². The normalized spacial score (nSPS) is 22.6. The van der Waals surface area contributed by atoms with E-state index in [9.17, 15) is 19.5 Å². The molecule has 1 aromatic carbocycles. The summed E-state index contributed by atoms with van der Waals surface area (Å²) >= 11 is 1.38. The lowest BCUT2D eigenvalue weighted by molar-refractivity contribution is -0.130. The third-order valence-electron chi connectivity index (χ3n) is 5.02. The monoisotopic (exact) mass is 402 g/mol. The first-order valence-corrected chi connectivity index (χ1v) is 9.82. The Morgan fingerprint density at radius 1 is 1.32 bits per heavy atom. The highest BCUT2D eigenvalue weighted by Crippen LogP contribution is 2.22. The molecule has 1 aliphatic rings. The SMILES string of the molecule is CC1OCC(=O)C1(C)NC(=O)C(Cc1ccc(O)cc1)NC(=O)c1ccsc1. The lowest BCUT2D eigenvalue weighted by atomic mass is 9.92. The number of phenols is 1. The number of ether oxygens (including phenoxy) is 1. The number of aromatic hydroxyl groups is 1. The molecular weight excluding hydrogens is 380 g/mol. The van der Waals surface area contributed by atoms with Crippen LogP contribution in [0.15, 0.2) is 41.1 Å². The summed E-state index contributed by atoms with van der Waals surface area (Å²) in [4.78, 5) is 37.7. The maximum absolute atomic E-state index is 13.0. The summed E-state index contributed by atoms with van der Waals surface area (Å²) < 4.78 is 5.35. The van der Waals surface area contributed by atoms with Gasteiger partial charge >= 0.3 is 0 Å². The van der Waals surface area contributed by atoms with Gasteiger partial charge in [-0.2, -0.15) is 11.3 Å². The predicted octanol–water partition coefficient (Wildman–Crippen LogP) is 1.66. The predicted molar refractivity (Wildman–Crippen MR) is 104 cm³/mol. The largest absolute Gasteiger partial charge is 0.508 e. The highest BCUT2D eigenvalue weighted by Gasteiger charge is 2.47. The van der Waals surface area contributed by atoms with E-state index in [4.69, 9.17) is 4.74 Å². The van der Waals surface area contributed by atoms with Crippen LogP contribution in [0.1, 0.15) is 29.8 Å². The molecular formula is C20H22N2O5S. The van der Waals surface area contributed by atoms with Crippen molar-refractivity contribution in [3.05, 3.63) is 52.2 Å². The van der Waals surface area contributed by atoms with Gasteiger partial charge in [-0.15, -0.1) is 0 Å². The quantitative estimate of drug-likeness (QED) is 0.682. The fourth-order valence-electron chi connectivity index (χ4n) is 2.97. The van der Waals surface area contributed by atoms with Crippen molar-refractivity contribution in [1.82, 2.24) is 10.6 Å². The summed E-state index contributed by atoms with van der Waals surface area (Å²) in [6.07, 6.45) is -0.257. The number of hydrogen-bond acceptors (Lipinski definition) is 6. The van der Waals surface area contributed by atoms with E-state index in [2.05, 4.69) is 10.6 Å². The smallest absolute Gasteiger partial charge is 0.252 e. The fourth-order valence-corrected chi connectivity index (χ4v) is 3.61. The molecule has 0 bridgehead atoms. The summed E-state index contributed by atoms with van der Waals surface area (Å²) in [5, 5.41) is 18.4. The Bertz CT molecular complexity index is 865. The Labute approximate surface area is 166 Å². The van der Waals surface area contributed by atoms with Crippen molar-refractivity contribution in [2.75, 3.05) is 6.61 Å². The summed E-state index contributed by atoms with van der Waals surface area (Å²) in [5.41, 5.74) is 0.0846. The van der Waals surface area contributed by atoms with Crippen molar-refractivity contribution in [2.24, 2.45) is 0 Å². The molecule has 3 unspecified atom stereocenters. The van der Waals surface area contributed by atoms with Crippen molar-refractivity contribution in [1.29, 1.82) is 0 Å². The number of hydrogen-bond donors (Lipinski definition) is 3. The number of nitrogens with one attached hydrogen (secondary N) is 2. The van der Waals surface area contributed by atoms with Crippen LogP contribution in [0.25, 0.3) is 0 Å². The van der Waals surface area contributed by atoms with E-state index in [1.54, 1.807) is 42.8 Å². The second-order valence-corrected chi connectivity index (χ2v) is 7.76. The lowest BCUT2D eigenvalue weighted by Gasteiger charge is -2.29. The van der Waals surface area contributed by atoms with Crippen LogP contribution in [0, 0.1) is 0 Å². The van der Waals surface area contributed by atoms with E-state index in [1.165, 1.54) is 23.5 Å². The first kappa shape index (κ1) is 20.0. The molecule has 148 valence electrons. The first-order valence-electron chi connectivity index (χ1n) is 8.87. The topological polar surface area (TPSA) is 105 Å². The van der Waals surface area contributed by atoms with E-state index in [0.717, 1.165) is 5.56 Å². The number of carbonyl (C=O) groups is 3. The number of phenolic OH excluding ortho intramolecular Hbond substituents is 1. The van der Waals surface area contributed by atoms with E-state index < -0.39 is 23.6 Å². The van der Waals surface area contributed by atoms with Gasteiger partial charge in [-0.1, -0.05) is 12.1 Å². The Morgan fingerprint density at radius 2 is 2.04 bits per heavy atom. The van der Waals surface area contributed by atoms with Crippen LogP contribution in [-0.4, -0.2) is 47.0 Å². The van der Waals surface area contributed by atoms with Gasteiger partial charge in [0.05, 0.1) is 11.7 Å². The zero-order chi connectivity index (χ0) is 20.3. The Morgan fingerprint density at radius 3 is 2.61 bits per heavy atom. The Kier molecular flexibility index (Phi) is 5.81. The number of carbonyl (C=O) groups excluding carboxylic acids is 3. The van der Waals surface area contributed by atoms with Gasteiger partial charge in [0.2, 0.25) is 5.91 Å². The molecule has 2 aromatic rings. The zero-order valence-electron chi connectivity index (χ0n) is 15.6. The zero-order valence-corrected chi connectivity index (χ0v) is 16.4. The second kappa shape index (κ2) is 8.12. The molecule has 1 saturated heterocycles. The third-order valence-corrected chi connectivity index (χ3v) is 5.70. The number of rotatable bonds is 6. The van der Waals surface area contributed by atoms with E-state index >= 15 is 0 Å². The number of thiophene rings is 1. The van der Waals surface area contributed by atoms with Gasteiger partial charge in [0, 0.05) is 11.8 Å². The minimum Gasteiger partial charge on any atom is -0.508 e. The molecule has 3 atom stereocenters. The molecule has 1 fully saturated rings. The van der Waals surface area contributed by atoms with Crippen LogP contribution in [0.3, 0.4) is 0 Å². The highest BCUT2D eigenvalue weighted by atomic mass is 32.1. The van der Waals surface area contributed by atoms with Crippen LogP contribution < -0.4 is 10.6 Å². The molecule has 0 aliphatic carbocycles. The second-order valence-electron chi connectivity index (χ2n) is 6.98. The summed E-state index contributed by atoms with van der Waals surface area (Å²) in [6, 6.07) is 7.18. The minimum absolute atomic E-state index is 0.0537. The van der Waals surface area contributed by atoms with Crippen molar-refractivity contribution >= 4 is 28.9 Å².